The van der Waals surface area contributed by atoms with Gasteiger partial charge < -0.3 is 10.2 Å². The molecule has 17 heavy (non-hydrogen) atoms. The number of nitrogens with zero attached hydrogens (tertiary/aromatic N) is 2. The van der Waals surface area contributed by atoms with Gasteiger partial charge in [-0.25, -0.2) is 0 Å². The molecule has 1 rings (SSSR count). The van der Waals surface area contributed by atoms with Gasteiger partial charge in [-0.3, -0.25) is 4.68 Å². The molecule has 0 aromatic carbocycles. The van der Waals surface area contributed by atoms with Crippen LogP contribution in [0.5, 0.6) is 0 Å². The Hall–Kier alpha value is -0.390. The molecule has 0 saturated heterocycles. The van der Waals surface area contributed by atoms with Crippen molar-refractivity contribution in [3.05, 3.63) is 15.9 Å². The highest BCUT2D eigenvalue weighted by Gasteiger charge is 2.20. The van der Waals surface area contributed by atoms with Gasteiger partial charge in [0.15, 0.2) is 0 Å². The summed E-state index contributed by atoms with van der Waals surface area (Å²) in [7, 11) is 1.86. The zero-order valence-corrected chi connectivity index (χ0v) is 12.2. The summed E-state index contributed by atoms with van der Waals surface area (Å²) >= 11 is 3.50. The summed E-state index contributed by atoms with van der Waals surface area (Å²) in [5.41, 5.74) is 1.92. The average molecular weight is 305 g/mol. The molecule has 0 radical (unpaired) electrons. The third-order valence-electron chi connectivity index (χ3n) is 2.93. The minimum atomic E-state index is -0.730. The van der Waals surface area contributed by atoms with E-state index in [0.717, 1.165) is 28.7 Å². The van der Waals surface area contributed by atoms with Crippen molar-refractivity contribution < 1.29 is 10.2 Å². The summed E-state index contributed by atoms with van der Waals surface area (Å²) in [5, 5.41) is 24.0. The molecule has 0 aliphatic carbocycles. The summed E-state index contributed by atoms with van der Waals surface area (Å²) in [6.45, 7) is 4.03. The van der Waals surface area contributed by atoms with Gasteiger partial charge in [-0.1, -0.05) is 20.3 Å². The van der Waals surface area contributed by atoms with Crippen LogP contribution >= 0.6 is 15.9 Å². The van der Waals surface area contributed by atoms with Crippen molar-refractivity contribution in [2.75, 3.05) is 0 Å². The van der Waals surface area contributed by atoms with Crippen LogP contribution in [0.15, 0.2) is 4.47 Å². The van der Waals surface area contributed by atoms with Crippen molar-refractivity contribution in [1.29, 1.82) is 0 Å². The van der Waals surface area contributed by atoms with Crippen LogP contribution in [0.25, 0.3) is 0 Å². The lowest BCUT2D eigenvalue weighted by Crippen LogP contribution is -2.28. The first-order valence-corrected chi connectivity index (χ1v) is 6.86. The van der Waals surface area contributed by atoms with E-state index in [2.05, 4.69) is 21.0 Å². The minimum absolute atomic E-state index is 0.422. The topological polar surface area (TPSA) is 58.3 Å². The van der Waals surface area contributed by atoms with E-state index in [-0.39, 0.29) is 0 Å². The molecular formula is C12H21BrN2O2. The number of halogens is 1. The Bertz CT molecular complexity index is 366. The molecule has 0 amide bonds. The lowest BCUT2D eigenvalue weighted by molar-refractivity contribution is 0.0137. The summed E-state index contributed by atoms with van der Waals surface area (Å²) in [4.78, 5) is 0. The van der Waals surface area contributed by atoms with Crippen LogP contribution in [0.2, 0.25) is 0 Å². The number of hydrogen-bond acceptors (Lipinski definition) is 3. The van der Waals surface area contributed by atoms with Gasteiger partial charge >= 0.3 is 0 Å². The molecule has 5 heteroatoms. The number of hydrogen-bond donors (Lipinski definition) is 2. The molecule has 98 valence electrons. The van der Waals surface area contributed by atoms with Gasteiger partial charge in [-0.2, -0.15) is 5.10 Å². The van der Waals surface area contributed by atoms with Crippen molar-refractivity contribution in [3.63, 3.8) is 0 Å². The fourth-order valence-corrected chi connectivity index (χ4v) is 2.64. The molecule has 1 aromatic heterocycles. The van der Waals surface area contributed by atoms with E-state index in [1.807, 2.05) is 20.9 Å². The van der Waals surface area contributed by atoms with E-state index in [0.29, 0.717) is 12.8 Å². The van der Waals surface area contributed by atoms with Crippen LogP contribution in [0.1, 0.15) is 38.1 Å². The molecule has 0 spiro atoms. The third kappa shape index (κ3) is 3.53. The summed E-state index contributed by atoms with van der Waals surface area (Å²) < 4.78 is 2.72. The first-order chi connectivity index (χ1) is 8.01. The third-order valence-corrected chi connectivity index (χ3v) is 3.85. The van der Waals surface area contributed by atoms with Gasteiger partial charge in [0.1, 0.15) is 0 Å². The molecule has 0 fully saturated rings. The Morgan fingerprint density at radius 2 is 1.94 bits per heavy atom. The molecule has 1 aromatic rings. The van der Waals surface area contributed by atoms with Crippen LogP contribution in [0.3, 0.4) is 0 Å². The summed E-state index contributed by atoms with van der Waals surface area (Å²) in [5.74, 6) is 0. The SMILES string of the molecule is CCCC(O)C(O)Cc1c(Br)c(CC)nn1C. The first-order valence-electron chi connectivity index (χ1n) is 6.07. The summed E-state index contributed by atoms with van der Waals surface area (Å²) in [6, 6.07) is 0. The lowest BCUT2D eigenvalue weighted by atomic mass is 10.0. The van der Waals surface area contributed by atoms with Crippen LogP contribution < -0.4 is 0 Å². The highest BCUT2D eigenvalue weighted by atomic mass is 79.9. The van der Waals surface area contributed by atoms with Gasteiger partial charge in [0.05, 0.1) is 28.1 Å². The van der Waals surface area contributed by atoms with Gasteiger partial charge in [0.25, 0.3) is 0 Å². The molecule has 2 N–H and O–H groups in total. The Morgan fingerprint density at radius 3 is 2.41 bits per heavy atom. The van der Waals surface area contributed by atoms with E-state index in [4.69, 9.17) is 0 Å². The minimum Gasteiger partial charge on any atom is -0.390 e. The molecule has 4 nitrogen and oxygen atoms in total. The molecular weight excluding hydrogens is 284 g/mol. The smallest absolute Gasteiger partial charge is 0.0854 e. The zero-order valence-electron chi connectivity index (χ0n) is 10.6. The number of rotatable bonds is 6. The molecule has 0 aliphatic rings. The molecule has 0 bridgehead atoms. The standard InChI is InChI=1S/C12H21BrN2O2/c1-4-6-10(16)11(17)7-9-12(13)8(5-2)14-15(9)3/h10-11,16-17H,4-7H2,1-3H3. The van der Waals surface area contributed by atoms with E-state index in [9.17, 15) is 10.2 Å². The second kappa shape index (κ2) is 6.52. The van der Waals surface area contributed by atoms with Crippen molar-refractivity contribution in [3.8, 4) is 0 Å². The Balaban J connectivity index is 2.77. The van der Waals surface area contributed by atoms with Crippen molar-refractivity contribution >= 4 is 15.9 Å². The maximum absolute atomic E-state index is 9.92. The second-order valence-corrected chi connectivity index (χ2v) is 5.11. The van der Waals surface area contributed by atoms with E-state index >= 15 is 0 Å². The second-order valence-electron chi connectivity index (χ2n) is 4.31. The highest BCUT2D eigenvalue weighted by Crippen LogP contribution is 2.23. The van der Waals surface area contributed by atoms with Gasteiger partial charge in [0.2, 0.25) is 0 Å². The van der Waals surface area contributed by atoms with Crippen molar-refractivity contribution in [1.82, 2.24) is 9.78 Å². The maximum Gasteiger partial charge on any atom is 0.0854 e. The molecule has 2 unspecified atom stereocenters. The maximum atomic E-state index is 9.92. The van der Waals surface area contributed by atoms with Crippen molar-refractivity contribution in [2.45, 2.75) is 51.7 Å². The van der Waals surface area contributed by atoms with Crippen LogP contribution in [-0.4, -0.2) is 32.2 Å². The van der Waals surface area contributed by atoms with Crippen molar-refractivity contribution in [2.24, 2.45) is 7.05 Å². The number of aliphatic hydroxyl groups is 2. The van der Waals surface area contributed by atoms with E-state index < -0.39 is 12.2 Å². The van der Waals surface area contributed by atoms with Crippen LogP contribution in [0, 0.1) is 0 Å². The molecule has 0 aliphatic heterocycles. The van der Waals surface area contributed by atoms with E-state index in [1.165, 1.54) is 0 Å². The largest absolute Gasteiger partial charge is 0.390 e. The summed E-state index contributed by atoms with van der Waals surface area (Å²) in [6.07, 6.45) is 1.37. The van der Waals surface area contributed by atoms with E-state index in [1.54, 1.807) is 4.68 Å². The fraction of sp³-hybridized carbons (Fsp3) is 0.750. The number of aryl methyl sites for hydroxylation is 2. The van der Waals surface area contributed by atoms with Crippen LogP contribution in [0.4, 0.5) is 0 Å². The predicted molar refractivity (Wildman–Crippen MR) is 70.9 cm³/mol. The molecule has 2 atom stereocenters. The monoisotopic (exact) mass is 304 g/mol. The Labute approximate surface area is 111 Å². The first kappa shape index (κ1) is 14.7. The fourth-order valence-electron chi connectivity index (χ4n) is 1.86. The quantitative estimate of drug-likeness (QED) is 0.843. The van der Waals surface area contributed by atoms with Crippen LogP contribution in [-0.2, 0) is 19.9 Å². The molecule has 0 saturated carbocycles. The predicted octanol–water partition coefficient (Wildman–Crippen LogP) is 1.81. The average Bonchev–Trinajstić information content (AvgIpc) is 2.56. The lowest BCUT2D eigenvalue weighted by Gasteiger charge is -2.17. The van der Waals surface area contributed by atoms with Gasteiger partial charge in [-0.15, -0.1) is 0 Å². The normalized spacial score (nSPS) is 14.9. The van der Waals surface area contributed by atoms with Gasteiger partial charge in [0, 0.05) is 13.5 Å². The molecule has 1 heterocycles. The Kier molecular flexibility index (Phi) is 5.62. The highest BCUT2D eigenvalue weighted by molar-refractivity contribution is 9.10. The zero-order chi connectivity index (χ0) is 13.0. The number of aliphatic hydroxyl groups excluding tert-OH is 2. The van der Waals surface area contributed by atoms with Gasteiger partial charge in [-0.05, 0) is 28.8 Å². The Morgan fingerprint density at radius 1 is 1.29 bits per heavy atom. The number of aromatic nitrogens is 2.